The quantitative estimate of drug-likeness (QED) is 0.696. The Morgan fingerprint density at radius 1 is 1.33 bits per heavy atom. The molecule has 0 aliphatic heterocycles. The predicted octanol–water partition coefficient (Wildman–Crippen LogP) is 2.49. The molecular formula is C12H13O3. The third-order valence-corrected chi connectivity index (χ3v) is 2.49. The van der Waals surface area contributed by atoms with Gasteiger partial charge in [-0.15, -0.1) is 0 Å². The van der Waals surface area contributed by atoms with Crippen molar-refractivity contribution in [1.29, 1.82) is 0 Å². The number of carbonyl (C=O) groups excluding carboxylic acids is 1. The molecular weight excluding hydrogens is 192 g/mol. The minimum absolute atomic E-state index is 0.0742. The van der Waals surface area contributed by atoms with Crippen LogP contribution in [-0.4, -0.2) is 12.3 Å². The minimum atomic E-state index is -0.615. The van der Waals surface area contributed by atoms with Crippen LogP contribution in [-0.2, 0) is 22.3 Å². The van der Waals surface area contributed by atoms with E-state index in [-0.39, 0.29) is 6.10 Å². The molecule has 0 saturated carbocycles. The van der Waals surface area contributed by atoms with Crippen molar-refractivity contribution in [2.75, 3.05) is 0 Å². The van der Waals surface area contributed by atoms with E-state index in [0.29, 0.717) is 0 Å². The van der Waals surface area contributed by atoms with Gasteiger partial charge in [-0.1, -0.05) is 24.3 Å². The average molecular weight is 205 g/mol. The SMILES string of the molecule is C[CH]OC(=O)OC1Cc2ccccc2C1. The van der Waals surface area contributed by atoms with Gasteiger partial charge < -0.3 is 9.47 Å². The fraction of sp³-hybridized carbons (Fsp3) is 0.333. The Morgan fingerprint density at radius 3 is 2.47 bits per heavy atom. The molecule has 0 amide bonds. The molecule has 0 atom stereocenters. The second kappa shape index (κ2) is 4.34. The standard InChI is InChI=1S/C12H13O3/c1-2-14-12(13)15-11-7-9-5-3-4-6-10(9)8-11/h2-6,11H,7-8H2,1H3. The van der Waals surface area contributed by atoms with Crippen molar-refractivity contribution in [1.82, 2.24) is 0 Å². The first-order valence-corrected chi connectivity index (χ1v) is 5.01. The van der Waals surface area contributed by atoms with Crippen molar-refractivity contribution in [2.45, 2.75) is 25.9 Å². The highest BCUT2D eigenvalue weighted by Gasteiger charge is 2.24. The van der Waals surface area contributed by atoms with Gasteiger partial charge in [0.1, 0.15) is 12.7 Å². The predicted molar refractivity (Wildman–Crippen MR) is 55.2 cm³/mol. The van der Waals surface area contributed by atoms with E-state index >= 15 is 0 Å². The van der Waals surface area contributed by atoms with E-state index in [1.807, 2.05) is 12.1 Å². The van der Waals surface area contributed by atoms with Crippen LogP contribution in [0.25, 0.3) is 0 Å². The molecule has 1 aromatic carbocycles. The zero-order valence-corrected chi connectivity index (χ0v) is 8.60. The number of hydrogen-bond donors (Lipinski definition) is 0. The van der Waals surface area contributed by atoms with Crippen LogP contribution in [0.4, 0.5) is 4.79 Å². The second-order valence-corrected chi connectivity index (χ2v) is 3.52. The largest absolute Gasteiger partial charge is 0.508 e. The smallest absolute Gasteiger partial charge is 0.430 e. The molecule has 0 heterocycles. The summed E-state index contributed by atoms with van der Waals surface area (Å²) in [4.78, 5) is 11.1. The molecule has 0 saturated heterocycles. The van der Waals surface area contributed by atoms with E-state index in [0.717, 1.165) is 12.8 Å². The van der Waals surface area contributed by atoms with Crippen LogP contribution in [0.5, 0.6) is 0 Å². The van der Waals surface area contributed by atoms with Crippen LogP contribution >= 0.6 is 0 Å². The normalized spacial score (nSPS) is 14.7. The Morgan fingerprint density at radius 2 is 1.93 bits per heavy atom. The highest BCUT2D eigenvalue weighted by molar-refractivity contribution is 5.60. The number of benzene rings is 1. The van der Waals surface area contributed by atoms with Crippen LogP contribution < -0.4 is 0 Å². The number of carbonyl (C=O) groups is 1. The van der Waals surface area contributed by atoms with Gasteiger partial charge in [0.15, 0.2) is 0 Å². The van der Waals surface area contributed by atoms with Crippen molar-refractivity contribution < 1.29 is 14.3 Å². The number of hydrogen-bond acceptors (Lipinski definition) is 3. The lowest BCUT2D eigenvalue weighted by Gasteiger charge is -2.09. The molecule has 0 aromatic heterocycles. The van der Waals surface area contributed by atoms with Crippen LogP contribution in [0, 0.1) is 6.61 Å². The average Bonchev–Trinajstić information content (AvgIpc) is 2.59. The second-order valence-electron chi connectivity index (χ2n) is 3.52. The molecule has 15 heavy (non-hydrogen) atoms. The van der Waals surface area contributed by atoms with Crippen molar-refractivity contribution in [3.05, 3.63) is 42.0 Å². The fourth-order valence-corrected chi connectivity index (χ4v) is 1.86. The van der Waals surface area contributed by atoms with Gasteiger partial charge in [-0.2, -0.15) is 0 Å². The maximum Gasteiger partial charge on any atom is 0.508 e. The van der Waals surface area contributed by atoms with Crippen molar-refractivity contribution in [2.24, 2.45) is 0 Å². The molecule has 0 N–H and O–H groups in total. The highest BCUT2D eigenvalue weighted by Crippen LogP contribution is 2.23. The van der Waals surface area contributed by atoms with E-state index in [9.17, 15) is 4.79 Å². The fourth-order valence-electron chi connectivity index (χ4n) is 1.86. The van der Waals surface area contributed by atoms with Crippen LogP contribution in [0.2, 0.25) is 0 Å². The lowest BCUT2D eigenvalue weighted by molar-refractivity contribution is 0.0426. The molecule has 1 aliphatic rings. The van der Waals surface area contributed by atoms with Gasteiger partial charge in [0.2, 0.25) is 0 Å². The summed E-state index contributed by atoms with van der Waals surface area (Å²) in [7, 11) is 0. The van der Waals surface area contributed by atoms with E-state index in [1.54, 1.807) is 6.92 Å². The summed E-state index contributed by atoms with van der Waals surface area (Å²) >= 11 is 0. The first-order valence-electron chi connectivity index (χ1n) is 5.01. The molecule has 2 rings (SSSR count). The van der Waals surface area contributed by atoms with Crippen molar-refractivity contribution in [3.8, 4) is 0 Å². The Balaban J connectivity index is 1.93. The van der Waals surface area contributed by atoms with Gasteiger partial charge in [-0.05, 0) is 18.1 Å². The lowest BCUT2D eigenvalue weighted by atomic mass is 10.1. The highest BCUT2D eigenvalue weighted by atomic mass is 16.7. The molecule has 1 aliphatic carbocycles. The van der Waals surface area contributed by atoms with Gasteiger partial charge >= 0.3 is 6.16 Å². The summed E-state index contributed by atoms with van der Waals surface area (Å²) in [5, 5.41) is 0. The minimum Gasteiger partial charge on any atom is -0.430 e. The molecule has 1 radical (unpaired) electrons. The van der Waals surface area contributed by atoms with E-state index in [4.69, 9.17) is 4.74 Å². The zero-order valence-electron chi connectivity index (χ0n) is 8.60. The summed E-state index contributed by atoms with van der Waals surface area (Å²) in [6, 6.07) is 8.13. The van der Waals surface area contributed by atoms with Gasteiger partial charge in [0, 0.05) is 12.8 Å². The zero-order chi connectivity index (χ0) is 10.7. The van der Waals surface area contributed by atoms with Gasteiger partial charge in [0.05, 0.1) is 0 Å². The summed E-state index contributed by atoms with van der Waals surface area (Å²) in [6.45, 7) is 2.97. The summed E-state index contributed by atoms with van der Waals surface area (Å²) in [6.07, 6.45) is 0.884. The monoisotopic (exact) mass is 205 g/mol. The third-order valence-electron chi connectivity index (χ3n) is 2.49. The third kappa shape index (κ3) is 2.29. The molecule has 0 unspecified atom stereocenters. The van der Waals surface area contributed by atoms with Gasteiger partial charge in [-0.25, -0.2) is 4.79 Å². The lowest BCUT2D eigenvalue weighted by Crippen LogP contribution is -2.18. The molecule has 0 fully saturated rings. The van der Waals surface area contributed by atoms with Crippen molar-refractivity contribution >= 4 is 6.16 Å². The Labute approximate surface area is 89.0 Å². The Hall–Kier alpha value is -1.51. The number of fused-ring (bicyclic) bond motifs is 1. The Bertz CT molecular complexity index is 335. The van der Waals surface area contributed by atoms with Crippen LogP contribution in [0.15, 0.2) is 24.3 Å². The number of ether oxygens (including phenoxy) is 2. The van der Waals surface area contributed by atoms with Crippen molar-refractivity contribution in [3.63, 3.8) is 0 Å². The molecule has 1 aromatic rings. The summed E-state index contributed by atoms with van der Waals surface area (Å²) in [5.41, 5.74) is 2.52. The van der Waals surface area contributed by atoms with Crippen LogP contribution in [0.1, 0.15) is 18.1 Å². The summed E-state index contributed by atoms with van der Waals surface area (Å²) in [5.74, 6) is 0. The summed E-state index contributed by atoms with van der Waals surface area (Å²) < 4.78 is 9.76. The molecule has 0 spiro atoms. The molecule has 0 bridgehead atoms. The first-order chi connectivity index (χ1) is 7.29. The van der Waals surface area contributed by atoms with E-state index in [1.165, 1.54) is 17.7 Å². The van der Waals surface area contributed by atoms with E-state index in [2.05, 4.69) is 16.9 Å². The maximum atomic E-state index is 11.1. The topological polar surface area (TPSA) is 35.5 Å². The number of rotatable bonds is 2. The molecule has 3 nitrogen and oxygen atoms in total. The van der Waals surface area contributed by atoms with Gasteiger partial charge in [0.25, 0.3) is 0 Å². The van der Waals surface area contributed by atoms with Gasteiger partial charge in [-0.3, -0.25) is 0 Å². The van der Waals surface area contributed by atoms with Crippen LogP contribution in [0.3, 0.4) is 0 Å². The molecule has 79 valence electrons. The first kappa shape index (κ1) is 10.0. The van der Waals surface area contributed by atoms with E-state index < -0.39 is 6.16 Å². The molecule has 3 heteroatoms. The maximum absolute atomic E-state index is 11.1. The Kier molecular flexibility index (Phi) is 2.90.